The number of rotatable bonds is 5. The quantitative estimate of drug-likeness (QED) is 0.861. The Balaban J connectivity index is 1.45. The molecule has 0 unspecified atom stereocenters. The van der Waals surface area contributed by atoms with Crippen molar-refractivity contribution in [1.82, 2.24) is 5.32 Å². The van der Waals surface area contributed by atoms with Crippen LogP contribution >= 0.6 is 0 Å². The third-order valence-electron chi connectivity index (χ3n) is 3.55. The van der Waals surface area contributed by atoms with Gasteiger partial charge in [-0.05, 0) is 30.7 Å². The van der Waals surface area contributed by atoms with Crippen LogP contribution in [0.25, 0.3) is 0 Å². The minimum atomic E-state index is -0.636. The molecule has 1 aliphatic rings. The maximum Gasteiger partial charge on any atom is 0.264 e. The first-order valence-electron chi connectivity index (χ1n) is 7.58. The van der Waals surface area contributed by atoms with E-state index < -0.39 is 6.10 Å². The van der Waals surface area contributed by atoms with Gasteiger partial charge in [0.25, 0.3) is 5.91 Å². The zero-order chi connectivity index (χ0) is 16.1. The Morgan fingerprint density at radius 3 is 2.74 bits per heavy atom. The molecule has 0 fully saturated rings. The standard InChI is InChI=1S/C18H19NO4/c1-13-6-2-3-7-14(13)21-11-10-19-18(20)17-12-22-15-8-4-5-9-16(15)23-17/h2-9,17H,10-12H2,1H3,(H,19,20)/t17-/m0/s1. The van der Waals surface area contributed by atoms with E-state index >= 15 is 0 Å². The van der Waals surface area contributed by atoms with E-state index in [9.17, 15) is 4.79 Å². The van der Waals surface area contributed by atoms with Gasteiger partial charge in [0.05, 0.1) is 6.54 Å². The summed E-state index contributed by atoms with van der Waals surface area (Å²) in [5.41, 5.74) is 1.07. The van der Waals surface area contributed by atoms with E-state index in [1.807, 2.05) is 49.4 Å². The lowest BCUT2D eigenvalue weighted by Gasteiger charge is -2.25. The normalized spacial score (nSPS) is 15.8. The summed E-state index contributed by atoms with van der Waals surface area (Å²) in [4.78, 5) is 12.1. The number of hydrogen-bond donors (Lipinski definition) is 1. The average Bonchev–Trinajstić information content (AvgIpc) is 2.59. The van der Waals surface area contributed by atoms with E-state index in [4.69, 9.17) is 14.2 Å². The van der Waals surface area contributed by atoms with Crippen molar-refractivity contribution in [3.8, 4) is 17.2 Å². The highest BCUT2D eigenvalue weighted by molar-refractivity contribution is 5.81. The molecule has 5 heteroatoms. The van der Waals surface area contributed by atoms with Crippen LogP contribution in [0.2, 0.25) is 0 Å². The van der Waals surface area contributed by atoms with Crippen LogP contribution < -0.4 is 19.5 Å². The number of hydrogen-bond acceptors (Lipinski definition) is 4. The van der Waals surface area contributed by atoms with Crippen molar-refractivity contribution in [3.05, 3.63) is 54.1 Å². The summed E-state index contributed by atoms with van der Waals surface area (Å²) in [6, 6.07) is 15.1. The highest BCUT2D eigenvalue weighted by atomic mass is 16.6. The van der Waals surface area contributed by atoms with Gasteiger partial charge in [-0.1, -0.05) is 30.3 Å². The van der Waals surface area contributed by atoms with Gasteiger partial charge in [0.2, 0.25) is 6.10 Å². The third kappa shape index (κ3) is 3.74. The lowest BCUT2D eigenvalue weighted by atomic mass is 10.2. The number of aryl methyl sites for hydroxylation is 1. The van der Waals surface area contributed by atoms with Gasteiger partial charge in [-0.25, -0.2) is 0 Å². The highest BCUT2D eigenvalue weighted by Crippen LogP contribution is 2.30. The first-order valence-corrected chi connectivity index (χ1v) is 7.58. The Kier molecular flexibility index (Phi) is 4.66. The molecule has 3 rings (SSSR count). The van der Waals surface area contributed by atoms with E-state index in [-0.39, 0.29) is 12.5 Å². The molecule has 0 bridgehead atoms. The minimum absolute atomic E-state index is 0.201. The summed E-state index contributed by atoms with van der Waals surface area (Å²) < 4.78 is 16.8. The SMILES string of the molecule is Cc1ccccc1OCCNC(=O)[C@@H]1COc2ccccc2O1. The number of ether oxygens (including phenoxy) is 3. The van der Waals surface area contributed by atoms with Crippen LogP contribution in [0.1, 0.15) is 5.56 Å². The van der Waals surface area contributed by atoms with Crippen molar-refractivity contribution in [1.29, 1.82) is 0 Å². The van der Waals surface area contributed by atoms with Crippen molar-refractivity contribution in [2.75, 3.05) is 19.8 Å². The fourth-order valence-electron chi connectivity index (χ4n) is 2.32. The molecule has 0 aromatic heterocycles. The Hall–Kier alpha value is -2.69. The molecule has 0 aliphatic carbocycles. The second-order valence-corrected chi connectivity index (χ2v) is 5.27. The molecule has 1 atom stereocenters. The van der Waals surface area contributed by atoms with E-state index in [0.717, 1.165) is 11.3 Å². The zero-order valence-corrected chi connectivity index (χ0v) is 13.0. The number of para-hydroxylation sites is 3. The average molecular weight is 313 g/mol. The Morgan fingerprint density at radius 1 is 1.17 bits per heavy atom. The lowest BCUT2D eigenvalue weighted by Crippen LogP contribution is -2.45. The maximum absolute atomic E-state index is 12.1. The molecule has 0 saturated heterocycles. The molecule has 2 aromatic carbocycles. The smallest absolute Gasteiger partial charge is 0.264 e. The van der Waals surface area contributed by atoms with Crippen molar-refractivity contribution < 1.29 is 19.0 Å². The molecule has 0 radical (unpaired) electrons. The summed E-state index contributed by atoms with van der Waals surface area (Å²) in [6.07, 6.45) is -0.636. The fourth-order valence-corrected chi connectivity index (χ4v) is 2.32. The molecule has 1 amide bonds. The predicted molar refractivity (Wildman–Crippen MR) is 86.0 cm³/mol. The van der Waals surface area contributed by atoms with Crippen LogP contribution in [-0.4, -0.2) is 31.8 Å². The van der Waals surface area contributed by atoms with Gasteiger partial charge in [-0.15, -0.1) is 0 Å². The molecule has 5 nitrogen and oxygen atoms in total. The van der Waals surface area contributed by atoms with E-state index in [2.05, 4.69) is 5.32 Å². The van der Waals surface area contributed by atoms with Gasteiger partial charge >= 0.3 is 0 Å². The van der Waals surface area contributed by atoms with Crippen LogP contribution in [-0.2, 0) is 4.79 Å². The number of benzene rings is 2. The van der Waals surface area contributed by atoms with Gasteiger partial charge in [0.15, 0.2) is 11.5 Å². The molecule has 1 aliphatic heterocycles. The van der Waals surface area contributed by atoms with E-state index in [1.165, 1.54) is 0 Å². The molecule has 1 heterocycles. The predicted octanol–water partition coefficient (Wildman–Crippen LogP) is 2.33. The van der Waals surface area contributed by atoms with Crippen LogP contribution in [0.4, 0.5) is 0 Å². The fraction of sp³-hybridized carbons (Fsp3) is 0.278. The Bertz CT molecular complexity index is 686. The van der Waals surface area contributed by atoms with Crippen molar-refractivity contribution in [2.45, 2.75) is 13.0 Å². The molecule has 23 heavy (non-hydrogen) atoms. The Labute approximate surface area is 135 Å². The van der Waals surface area contributed by atoms with Gasteiger partial charge in [-0.2, -0.15) is 0 Å². The number of carbonyl (C=O) groups excluding carboxylic acids is 1. The van der Waals surface area contributed by atoms with Crippen LogP contribution in [0, 0.1) is 6.92 Å². The van der Waals surface area contributed by atoms with Crippen LogP contribution in [0.15, 0.2) is 48.5 Å². The second-order valence-electron chi connectivity index (χ2n) is 5.27. The van der Waals surface area contributed by atoms with Crippen molar-refractivity contribution in [3.63, 3.8) is 0 Å². The third-order valence-corrected chi connectivity index (χ3v) is 3.55. The van der Waals surface area contributed by atoms with E-state index in [1.54, 1.807) is 6.07 Å². The Morgan fingerprint density at radius 2 is 1.91 bits per heavy atom. The van der Waals surface area contributed by atoms with Gasteiger partial charge in [0.1, 0.15) is 19.0 Å². The summed E-state index contributed by atoms with van der Waals surface area (Å²) >= 11 is 0. The van der Waals surface area contributed by atoms with Crippen molar-refractivity contribution >= 4 is 5.91 Å². The largest absolute Gasteiger partial charge is 0.491 e. The van der Waals surface area contributed by atoms with Crippen molar-refractivity contribution in [2.24, 2.45) is 0 Å². The molecule has 2 aromatic rings. The summed E-state index contributed by atoms with van der Waals surface area (Å²) in [5.74, 6) is 1.88. The lowest BCUT2D eigenvalue weighted by molar-refractivity contribution is -0.130. The number of carbonyl (C=O) groups is 1. The molecule has 120 valence electrons. The molecular formula is C18H19NO4. The molecule has 0 spiro atoms. The van der Waals surface area contributed by atoms with Crippen LogP contribution in [0.3, 0.4) is 0 Å². The molecular weight excluding hydrogens is 294 g/mol. The van der Waals surface area contributed by atoms with E-state index in [0.29, 0.717) is 24.7 Å². The van der Waals surface area contributed by atoms with Gasteiger partial charge in [0, 0.05) is 0 Å². The van der Waals surface area contributed by atoms with Crippen LogP contribution in [0.5, 0.6) is 17.2 Å². The minimum Gasteiger partial charge on any atom is -0.491 e. The molecule has 1 N–H and O–H groups in total. The highest BCUT2D eigenvalue weighted by Gasteiger charge is 2.26. The summed E-state index contributed by atoms with van der Waals surface area (Å²) in [6.45, 7) is 3.01. The second kappa shape index (κ2) is 7.05. The number of nitrogens with one attached hydrogen (secondary N) is 1. The first-order chi connectivity index (χ1) is 11.2. The topological polar surface area (TPSA) is 56.8 Å². The van der Waals surface area contributed by atoms with Gasteiger partial charge < -0.3 is 19.5 Å². The summed E-state index contributed by atoms with van der Waals surface area (Å²) in [7, 11) is 0. The monoisotopic (exact) mass is 313 g/mol. The number of fused-ring (bicyclic) bond motifs is 1. The number of amides is 1. The van der Waals surface area contributed by atoms with Gasteiger partial charge in [-0.3, -0.25) is 4.79 Å². The first kappa shape index (κ1) is 15.2. The molecule has 0 saturated carbocycles. The maximum atomic E-state index is 12.1. The summed E-state index contributed by atoms with van der Waals surface area (Å²) in [5, 5.41) is 2.80. The zero-order valence-electron chi connectivity index (χ0n) is 13.0.